The van der Waals surface area contributed by atoms with E-state index in [1.807, 2.05) is 38.1 Å². The zero-order valence-electron chi connectivity index (χ0n) is 16.6. The van der Waals surface area contributed by atoms with Gasteiger partial charge in [0.05, 0.1) is 12.8 Å². The Balaban J connectivity index is 1.53. The molecule has 1 saturated heterocycles. The first-order valence-electron chi connectivity index (χ1n) is 9.54. The van der Waals surface area contributed by atoms with Crippen molar-refractivity contribution in [2.24, 2.45) is 5.92 Å². The van der Waals surface area contributed by atoms with Crippen molar-refractivity contribution in [2.75, 3.05) is 30.8 Å². The number of urea groups is 1. The minimum absolute atomic E-state index is 0.0230. The van der Waals surface area contributed by atoms with Crippen molar-refractivity contribution in [2.45, 2.75) is 26.7 Å². The maximum atomic E-state index is 12.6. The van der Waals surface area contributed by atoms with Crippen molar-refractivity contribution < 1.29 is 14.3 Å². The van der Waals surface area contributed by atoms with E-state index in [1.165, 1.54) is 0 Å². The summed E-state index contributed by atoms with van der Waals surface area (Å²) in [5, 5.41) is 5.91. The number of anilines is 2. The number of benzene rings is 2. The maximum absolute atomic E-state index is 12.6. The summed E-state index contributed by atoms with van der Waals surface area (Å²) in [4.78, 5) is 26.9. The summed E-state index contributed by atoms with van der Waals surface area (Å²) in [5.74, 6) is 0.560. The number of piperidine rings is 1. The number of nitrogens with one attached hydrogen (secondary N) is 2. The second kappa shape index (κ2) is 8.78. The molecule has 28 heavy (non-hydrogen) atoms. The quantitative estimate of drug-likeness (QED) is 0.834. The summed E-state index contributed by atoms with van der Waals surface area (Å²) in [6, 6.07) is 13.2. The van der Waals surface area contributed by atoms with E-state index in [4.69, 9.17) is 4.74 Å². The highest BCUT2D eigenvalue weighted by molar-refractivity contribution is 5.94. The predicted molar refractivity (Wildman–Crippen MR) is 111 cm³/mol. The minimum atomic E-state index is -0.169. The van der Waals surface area contributed by atoms with Gasteiger partial charge in [0.25, 0.3) is 0 Å². The van der Waals surface area contributed by atoms with E-state index in [1.54, 1.807) is 24.1 Å². The van der Waals surface area contributed by atoms with Gasteiger partial charge in [-0.05, 0) is 62.1 Å². The molecule has 1 fully saturated rings. The summed E-state index contributed by atoms with van der Waals surface area (Å²) < 4.78 is 5.27. The van der Waals surface area contributed by atoms with E-state index in [9.17, 15) is 9.59 Å². The first-order chi connectivity index (χ1) is 13.5. The van der Waals surface area contributed by atoms with Crippen LogP contribution in [0.2, 0.25) is 0 Å². The van der Waals surface area contributed by atoms with Gasteiger partial charge in [0, 0.05) is 24.7 Å². The molecule has 1 heterocycles. The summed E-state index contributed by atoms with van der Waals surface area (Å²) in [7, 11) is 1.57. The van der Waals surface area contributed by atoms with Gasteiger partial charge in [0.2, 0.25) is 5.91 Å². The summed E-state index contributed by atoms with van der Waals surface area (Å²) >= 11 is 0. The molecular formula is C22H27N3O3. The van der Waals surface area contributed by atoms with Gasteiger partial charge < -0.3 is 20.3 Å². The number of ether oxygens (including phenoxy) is 1. The molecule has 6 nitrogen and oxygen atoms in total. The second-order valence-electron chi connectivity index (χ2n) is 7.26. The van der Waals surface area contributed by atoms with Gasteiger partial charge in [0.1, 0.15) is 5.75 Å². The molecule has 0 unspecified atom stereocenters. The number of nitrogens with zero attached hydrogens (tertiary/aromatic N) is 1. The Bertz CT molecular complexity index is 838. The Labute approximate surface area is 165 Å². The van der Waals surface area contributed by atoms with Crippen LogP contribution in [0.4, 0.5) is 16.2 Å². The van der Waals surface area contributed by atoms with Crippen LogP contribution in [0.25, 0.3) is 0 Å². The van der Waals surface area contributed by atoms with Crippen LogP contribution in [0.3, 0.4) is 0 Å². The molecular weight excluding hydrogens is 354 g/mol. The standard InChI is InChI=1S/C22H27N3O3/c1-15-12-16(2)14-18(13-15)23-21(26)17-8-10-25(11-9-17)22(27)24-19-6-4-5-7-20(19)28-3/h4-7,12-14,17H,8-11H2,1-3H3,(H,23,26)(H,24,27). The van der Waals surface area contributed by atoms with Crippen LogP contribution in [0.15, 0.2) is 42.5 Å². The highest BCUT2D eigenvalue weighted by Crippen LogP contribution is 2.25. The summed E-state index contributed by atoms with van der Waals surface area (Å²) in [6.45, 7) is 5.13. The molecule has 0 bridgehead atoms. The molecule has 0 spiro atoms. The first kappa shape index (κ1) is 19.7. The third-order valence-corrected chi connectivity index (χ3v) is 4.99. The van der Waals surface area contributed by atoms with Crippen molar-refractivity contribution in [3.63, 3.8) is 0 Å². The van der Waals surface area contributed by atoms with E-state index in [-0.39, 0.29) is 17.9 Å². The molecule has 0 aliphatic carbocycles. The molecule has 3 rings (SSSR count). The van der Waals surface area contributed by atoms with Gasteiger partial charge in [-0.25, -0.2) is 4.79 Å². The Hall–Kier alpha value is -3.02. The van der Waals surface area contributed by atoms with Crippen LogP contribution >= 0.6 is 0 Å². The lowest BCUT2D eigenvalue weighted by Crippen LogP contribution is -2.43. The zero-order valence-corrected chi connectivity index (χ0v) is 16.6. The van der Waals surface area contributed by atoms with Gasteiger partial charge in [0.15, 0.2) is 0 Å². The van der Waals surface area contributed by atoms with Gasteiger partial charge in [-0.2, -0.15) is 0 Å². The second-order valence-corrected chi connectivity index (χ2v) is 7.26. The molecule has 2 aromatic rings. The lowest BCUT2D eigenvalue weighted by Gasteiger charge is -2.31. The third kappa shape index (κ3) is 4.82. The number of carbonyl (C=O) groups excluding carboxylic acids is 2. The number of para-hydroxylation sites is 2. The fraction of sp³-hybridized carbons (Fsp3) is 0.364. The fourth-order valence-corrected chi connectivity index (χ4v) is 3.58. The Morgan fingerprint density at radius 2 is 1.64 bits per heavy atom. The molecule has 6 heteroatoms. The number of carbonyl (C=O) groups is 2. The van der Waals surface area contributed by atoms with Gasteiger partial charge >= 0.3 is 6.03 Å². The normalized spacial score (nSPS) is 14.5. The molecule has 0 atom stereocenters. The van der Waals surface area contributed by atoms with Crippen molar-refractivity contribution in [3.8, 4) is 5.75 Å². The van der Waals surface area contributed by atoms with Crippen LogP contribution in [-0.2, 0) is 4.79 Å². The average Bonchev–Trinajstić information content (AvgIpc) is 2.67. The Morgan fingerprint density at radius 1 is 1.00 bits per heavy atom. The summed E-state index contributed by atoms with van der Waals surface area (Å²) in [5.41, 5.74) is 3.72. The number of hydrogen-bond acceptors (Lipinski definition) is 3. The number of methoxy groups -OCH3 is 1. The van der Waals surface area contributed by atoms with Crippen LogP contribution in [-0.4, -0.2) is 37.0 Å². The SMILES string of the molecule is COc1ccccc1NC(=O)N1CCC(C(=O)Nc2cc(C)cc(C)c2)CC1. The zero-order chi connectivity index (χ0) is 20.1. The molecule has 0 saturated carbocycles. The molecule has 3 amide bonds. The smallest absolute Gasteiger partial charge is 0.321 e. The van der Waals surface area contributed by atoms with Gasteiger partial charge in [-0.15, -0.1) is 0 Å². The fourth-order valence-electron chi connectivity index (χ4n) is 3.58. The third-order valence-electron chi connectivity index (χ3n) is 4.99. The average molecular weight is 381 g/mol. The molecule has 1 aliphatic heterocycles. The summed E-state index contributed by atoms with van der Waals surface area (Å²) in [6.07, 6.45) is 1.30. The van der Waals surface area contributed by atoms with Crippen molar-refractivity contribution in [3.05, 3.63) is 53.6 Å². The van der Waals surface area contributed by atoms with E-state index in [0.717, 1.165) is 16.8 Å². The minimum Gasteiger partial charge on any atom is -0.495 e. The van der Waals surface area contributed by atoms with E-state index in [0.29, 0.717) is 37.4 Å². The largest absolute Gasteiger partial charge is 0.495 e. The number of aryl methyl sites for hydroxylation is 2. The lowest BCUT2D eigenvalue weighted by atomic mass is 9.96. The number of amides is 3. The first-order valence-corrected chi connectivity index (χ1v) is 9.54. The number of hydrogen-bond donors (Lipinski definition) is 2. The lowest BCUT2D eigenvalue weighted by molar-refractivity contribution is -0.121. The molecule has 1 aliphatic rings. The molecule has 0 radical (unpaired) electrons. The van der Waals surface area contributed by atoms with E-state index in [2.05, 4.69) is 16.7 Å². The van der Waals surface area contributed by atoms with Crippen LogP contribution < -0.4 is 15.4 Å². The molecule has 148 valence electrons. The monoisotopic (exact) mass is 381 g/mol. The van der Waals surface area contributed by atoms with Gasteiger partial charge in [-0.1, -0.05) is 18.2 Å². The number of likely N-dealkylation sites (tertiary alicyclic amines) is 1. The van der Waals surface area contributed by atoms with E-state index < -0.39 is 0 Å². The molecule has 2 N–H and O–H groups in total. The highest BCUT2D eigenvalue weighted by Gasteiger charge is 2.27. The molecule has 0 aromatic heterocycles. The van der Waals surface area contributed by atoms with Gasteiger partial charge in [-0.3, -0.25) is 4.79 Å². The molecule has 2 aromatic carbocycles. The Morgan fingerprint density at radius 3 is 2.29 bits per heavy atom. The van der Waals surface area contributed by atoms with Crippen LogP contribution in [0.1, 0.15) is 24.0 Å². The predicted octanol–water partition coefficient (Wildman–Crippen LogP) is 4.19. The Kier molecular flexibility index (Phi) is 6.19. The van der Waals surface area contributed by atoms with Crippen LogP contribution in [0, 0.1) is 19.8 Å². The number of rotatable bonds is 4. The van der Waals surface area contributed by atoms with E-state index >= 15 is 0 Å². The topological polar surface area (TPSA) is 70.7 Å². The van der Waals surface area contributed by atoms with Crippen molar-refractivity contribution in [1.29, 1.82) is 0 Å². The van der Waals surface area contributed by atoms with Crippen LogP contribution in [0.5, 0.6) is 5.75 Å². The maximum Gasteiger partial charge on any atom is 0.321 e. The van der Waals surface area contributed by atoms with Crippen molar-refractivity contribution in [1.82, 2.24) is 4.90 Å². The van der Waals surface area contributed by atoms with Crippen molar-refractivity contribution >= 4 is 23.3 Å². The highest BCUT2D eigenvalue weighted by atomic mass is 16.5.